The van der Waals surface area contributed by atoms with Crippen LogP contribution in [0.25, 0.3) is 0 Å². The summed E-state index contributed by atoms with van der Waals surface area (Å²) in [6.45, 7) is 4.17. The third-order valence-electron chi connectivity index (χ3n) is 10.2. The molecule has 0 saturated carbocycles. The number of ether oxygens (including phenoxy) is 2. The van der Waals surface area contributed by atoms with Crippen LogP contribution >= 0.6 is 7.82 Å². The Morgan fingerprint density at radius 1 is 0.526 bits per heavy atom. The van der Waals surface area contributed by atoms with Crippen LogP contribution in [0.2, 0.25) is 0 Å². The molecule has 9 nitrogen and oxygen atoms in total. The van der Waals surface area contributed by atoms with Gasteiger partial charge in [0.25, 0.3) is 7.82 Å². The van der Waals surface area contributed by atoms with Gasteiger partial charge >= 0.3 is 11.9 Å². The first-order valence-electron chi connectivity index (χ1n) is 23.5. The lowest BCUT2D eigenvalue weighted by Crippen LogP contribution is -2.37. The maximum Gasteiger partial charge on any atom is 0.306 e. The van der Waals surface area contributed by atoms with Crippen molar-refractivity contribution in [3.05, 3.63) is 24.3 Å². The SMILES string of the molecule is CCC/C=C\CCCCCCCC(=O)OCC(COP(=O)([O-])OCC[N+](C)(C)C)OC(=O)CCCCCCCCCCCCC/C=C\CCCCCCCCCC. The van der Waals surface area contributed by atoms with Crippen molar-refractivity contribution in [1.29, 1.82) is 0 Å². The summed E-state index contributed by atoms with van der Waals surface area (Å²) < 4.78 is 33.9. The molecule has 0 aromatic carbocycles. The molecule has 0 aromatic rings. The van der Waals surface area contributed by atoms with Gasteiger partial charge in [-0.25, -0.2) is 0 Å². The monoisotopic (exact) mass is 828 g/mol. The quantitative estimate of drug-likeness (QED) is 0.0196. The lowest BCUT2D eigenvalue weighted by atomic mass is 10.0. The Labute approximate surface area is 351 Å². The minimum Gasteiger partial charge on any atom is -0.756 e. The third-order valence-corrected chi connectivity index (χ3v) is 11.1. The van der Waals surface area contributed by atoms with E-state index in [4.69, 9.17) is 18.5 Å². The lowest BCUT2D eigenvalue weighted by molar-refractivity contribution is -0.870. The van der Waals surface area contributed by atoms with E-state index in [2.05, 4.69) is 38.2 Å². The molecule has 57 heavy (non-hydrogen) atoms. The van der Waals surface area contributed by atoms with Gasteiger partial charge in [0.2, 0.25) is 0 Å². The molecule has 0 bridgehead atoms. The van der Waals surface area contributed by atoms with E-state index >= 15 is 0 Å². The average Bonchev–Trinajstić information content (AvgIpc) is 3.16. The molecular weight excluding hydrogens is 737 g/mol. The number of unbranched alkanes of at least 4 members (excludes halogenated alkanes) is 25. The van der Waals surface area contributed by atoms with Crippen molar-refractivity contribution in [2.75, 3.05) is 47.5 Å². The molecule has 0 aromatic heterocycles. The molecule has 0 amide bonds. The van der Waals surface area contributed by atoms with E-state index in [1.165, 1.54) is 116 Å². The predicted molar refractivity (Wildman–Crippen MR) is 236 cm³/mol. The van der Waals surface area contributed by atoms with Crippen molar-refractivity contribution in [2.45, 2.75) is 219 Å². The number of rotatable bonds is 43. The minimum absolute atomic E-state index is 0.0309. The van der Waals surface area contributed by atoms with E-state index in [-0.39, 0.29) is 26.1 Å². The van der Waals surface area contributed by atoms with Crippen LogP contribution in [-0.4, -0.2) is 70.0 Å². The highest BCUT2D eigenvalue weighted by molar-refractivity contribution is 7.45. The molecule has 10 heteroatoms. The van der Waals surface area contributed by atoms with Gasteiger partial charge in [-0.15, -0.1) is 0 Å². The van der Waals surface area contributed by atoms with Crippen LogP contribution in [0.15, 0.2) is 24.3 Å². The summed E-state index contributed by atoms with van der Waals surface area (Å²) >= 11 is 0. The van der Waals surface area contributed by atoms with Gasteiger partial charge in [0, 0.05) is 12.8 Å². The second kappa shape index (κ2) is 39.9. The number of phosphoric ester groups is 1. The number of allylic oxidation sites excluding steroid dienone is 4. The largest absolute Gasteiger partial charge is 0.756 e. The Balaban J connectivity index is 4.18. The van der Waals surface area contributed by atoms with Crippen molar-refractivity contribution >= 4 is 19.8 Å². The highest BCUT2D eigenvalue weighted by atomic mass is 31.2. The van der Waals surface area contributed by atoms with Crippen LogP contribution in [0.3, 0.4) is 0 Å². The molecule has 0 heterocycles. The van der Waals surface area contributed by atoms with Crippen LogP contribution < -0.4 is 4.89 Å². The lowest BCUT2D eigenvalue weighted by Gasteiger charge is -2.28. The Hall–Kier alpha value is -1.51. The maximum absolute atomic E-state index is 12.7. The van der Waals surface area contributed by atoms with E-state index in [9.17, 15) is 19.0 Å². The Morgan fingerprint density at radius 3 is 1.37 bits per heavy atom. The Bertz CT molecular complexity index is 1030. The molecule has 0 aliphatic carbocycles. The van der Waals surface area contributed by atoms with E-state index in [0.717, 1.165) is 64.2 Å². The fourth-order valence-corrected chi connectivity index (χ4v) is 7.20. The maximum atomic E-state index is 12.7. The molecule has 0 saturated heterocycles. The van der Waals surface area contributed by atoms with Gasteiger partial charge < -0.3 is 27.9 Å². The van der Waals surface area contributed by atoms with Crippen molar-refractivity contribution < 1.29 is 42.1 Å². The molecule has 0 rings (SSSR count). The van der Waals surface area contributed by atoms with Crippen LogP contribution in [-0.2, 0) is 32.7 Å². The standard InChI is InChI=1S/C47H90NO8P/c1-6-8-10-12-14-16-18-19-20-21-22-23-24-25-26-27-28-29-30-32-34-36-38-40-47(50)56-45(44-55-57(51,52)54-42-41-48(3,4)5)43-53-46(49)39-37-35-33-31-17-15-13-11-9-7-2/h11,13,21-22,45H,6-10,12,14-20,23-44H2,1-5H3/b13-11-,22-21-. The number of carbonyl (C=O) groups is 2. The highest BCUT2D eigenvalue weighted by Crippen LogP contribution is 2.38. The summed E-state index contributed by atoms with van der Waals surface area (Å²) in [4.78, 5) is 37.5. The van der Waals surface area contributed by atoms with Crippen molar-refractivity contribution in [2.24, 2.45) is 0 Å². The van der Waals surface area contributed by atoms with Gasteiger partial charge in [-0.3, -0.25) is 14.2 Å². The molecule has 0 radical (unpaired) electrons. The second-order valence-electron chi connectivity index (χ2n) is 17.1. The summed E-state index contributed by atoms with van der Waals surface area (Å²) in [5.41, 5.74) is 0. The van der Waals surface area contributed by atoms with Gasteiger partial charge in [0.05, 0.1) is 27.7 Å². The zero-order chi connectivity index (χ0) is 42.1. The fourth-order valence-electron chi connectivity index (χ4n) is 6.48. The van der Waals surface area contributed by atoms with Crippen LogP contribution in [0.4, 0.5) is 0 Å². The predicted octanol–water partition coefficient (Wildman–Crippen LogP) is 12.9. The number of nitrogens with zero attached hydrogens (tertiary/aromatic N) is 1. The number of hydrogen-bond acceptors (Lipinski definition) is 8. The number of quaternary nitrogens is 1. The molecule has 0 spiro atoms. The zero-order valence-electron chi connectivity index (χ0n) is 37.8. The minimum atomic E-state index is -4.62. The van der Waals surface area contributed by atoms with Crippen molar-refractivity contribution in [3.8, 4) is 0 Å². The summed E-state index contributed by atoms with van der Waals surface area (Å²) in [6.07, 6.45) is 43.6. The highest BCUT2D eigenvalue weighted by Gasteiger charge is 2.21. The molecule has 0 fully saturated rings. The topological polar surface area (TPSA) is 111 Å². The normalized spacial score (nSPS) is 13.7. The first kappa shape index (κ1) is 55.5. The first-order chi connectivity index (χ1) is 27.5. The number of esters is 2. The third kappa shape index (κ3) is 43.9. The van der Waals surface area contributed by atoms with Gasteiger partial charge in [-0.2, -0.15) is 0 Å². The molecule has 0 aliphatic rings. The van der Waals surface area contributed by atoms with E-state index < -0.39 is 32.5 Å². The van der Waals surface area contributed by atoms with E-state index in [1.54, 1.807) is 0 Å². The molecule has 0 N–H and O–H groups in total. The van der Waals surface area contributed by atoms with Crippen LogP contribution in [0.5, 0.6) is 0 Å². The smallest absolute Gasteiger partial charge is 0.306 e. The molecule has 2 unspecified atom stereocenters. The van der Waals surface area contributed by atoms with Gasteiger partial charge in [-0.05, 0) is 57.8 Å². The second-order valence-corrected chi connectivity index (χ2v) is 18.5. The number of carbonyl (C=O) groups excluding carboxylic acids is 2. The summed E-state index contributed by atoms with van der Waals surface area (Å²) in [5, 5.41) is 0. The van der Waals surface area contributed by atoms with Crippen molar-refractivity contribution in [3.63, 3.8) is 0 Å². The van der Waals surface area contributed by atoms with E-state index in [1.807, 2.05) is 21.1 Å². The van der Waals surface area contributed by atoms with Crippen LogP contribution in [0, 0.1) is 0 Å². The summed E-state index contributed by atoms with van der Waals surface area (Å²) in [5.74, 6) is -0.842. The van der Waals surface area contributed by atoms with Gasteiger partial charge in [0.15, 0.2) is 6.10 Å². The Morgan fingerprint density at radius 2 is 0.930 bits per heavy atom. The summed E-state index contributed by atoms with van der Waals surface area (Å²) in [6, 6.07) is 0. The first-order valence-corrected chi connectivity index (χ1v) is 25.0. The molecule has 0 aliphatic heterocycles. The van der Waals surface area contributed by atoms with Crippen molar-refractivity contribution in [1.82, 2.24) is 0 Å². The fraction of sp³-hybridized carbons (Fsp3) is 0.872. The Kier molecular flexibility index (Phi) is 38.9. The van der Waals surface area contributed by atoms with Gasteiger partial charge in [-0.1, -0.05) is 167 Å². The van der Waals surface area contributed by atoms with Gasteiger partial charge in [0.1, 0.15) is 19.8 Å². The zero-order valence-corrected chi connectivity index (χ0v) is 38.7. The molecule has 2 atom stereocenters. The summed E-state index contributed by atoms with van der Waals surface area (Å²) in [7, 11) is 1.16. The number of hydrogen-bond donors (Lipinski definition) is 0. The average molecular weight is 828 g/mol. The van der Waals surface area contributed by atoms with Crippen LogP contribution in [0.1, 0.15) is 213 Å². The molecule has 336 valence electrons. The number of likely N-dealkylation sites (N-methyl/N-ethyl adjacent to an activating group) is 1. The molecular formula is C47H90NO8P. The van der Waals surface area contributed by atoms with E-state index in [0.29, 0.717) is 17.4 Å². The number of phosphoric acid groups is 1.